The quantitative estimate of drug-likeness (QED) is 0.534. The Bertz CT molecular complexity index is 86.7. The predicted octanol–water partition coefficient (Wildman–Crippen LogP) is 4.25. The van der Waals surface area contributed by atoms with Gasteiger partial charge in [-0.3, -0.25) is 0 Å². The van der Waals surface area contributed by atoms with Gasteiger partial charge in [0.1, 0.15) is 0 Å². The maximum Gasteiger partial charge on any atom is -0.0357 e. The maximum absolute atomic E-state index is 2.37. The molecule has 0 aliphatic carbocycles. The lowest BCUT2D eigenvalue weighted by molar-refractivity contribution is 0.241. The summed E-state index contributed by atoms with van der Waals surface area (Å²) in [6, 6.07) is 0. The fourth-order valence-corrected chi connectivity index (χ4v) is 1.13. The van der Waals surface area contributed by atoms with Crippen LogP contribution in [-0.2, 0) is 0 Å². The molecule has 0 fully saturated rings. The molecule has 0 radical (unpaired) electrons. The van der Waals surface area contributed by atoms with Crippen molar-refractivity contribution in [3.63, 3.8) is 0 Å². The monoisotopic (exact) mass is 156 g/mol. The van der Waals surface area contributed by atoms with Gasteiger partial charge in [-0.25, -0.2) is 0 Å². The number of hydrogen-bond acceptors (Lipinski definition) is 0. The third kappa shape index (κ3) is 5.29. The normalized spacial score (nSPS) is 15.0. The van der Waals surface area contributed by atoms with E-state index in [0.29, 0.717) is 5.41 Å². The van der Waals surface area contributed by atoms with Crippen molar-refractivity contribution in [3.05, 3.63) is 0 Å². The Balaban J connectivity index is 3.44. The van der Waals surface area contributed by atoms with Crippen LogP contribution in [0.15, 0.2) is 0 Å². The van der Waals surface area contributed by atoms with E-state index >= 15 is 0 Å². The number of rotatable bonds is 4. The second-order valence-electron chi connectivity index (χ2n) is 4.76. The highest BCUT2D eigenvalue weighted by molar-refractivity contribution is 4.69. The molecule has 0 bridgehead atoms. The Morgan fingerprint density at radius 1 is 1.09 bits per heavy atom. The molecule has 0 amide bonds. The first-order chi connectivity index (χ1) is 4.98. The molecule has 0 spiro atoms. The number of unbranched alkanes of at least 4 members (excludes halogenated alkanes) is 2. The zero-order valence-corrected chi connectivity index (χ0v) is 8.91. The van der Waals surface area contributed by atoms with Crippen molar-refractivity contribution in [2.75, 3.05) is 0 Å². The molecule has 68 valence electrons. The molecule has 0 aliphatic heterocycles. The van der Waals surface area contributed by atoms with Crippen LogP contribution in [0.4, 0.5) is 0 Å². The van der Waals surface area contributed by atoms with E-state index in [1.165, 1.54) is 25.7 Å². The summed E-state index contributed by atoms with van der Waals surface area (Å²) in [6.07, 6.45) is 5.56. The lowest BCUT2D eigenvalue weighted by Crippen LogP contribution is -2.16. The van der Waals surface area contributed by atoms with E-state index in [2.05, 4.69) is 34.6 Å². The van der Waals surface area contributed by atoms with Crippen molar-refractivity contribution >= 4 is 0 Å². The lowest BCUT2D eigenvalue weighted by atomic mass is 9.79. The van der Waals surface area contributed by atoms with Crippen LogP contribution in [0.2, 0.25) is 0 Å². The fraction of sp³-hybridized carbons (Fsp3) is 1.00. The molecule has 0 rings (SSSR count). The average molecular weight is 156 g/mol. The molecule has 0 aromatic heterocycles. The summed E-state index contributed by atoms with van der Waals surface area (Å²) in [5, 5.41) is 0. The molecular weight excluding hydrogens is 132 g/mol. The molecular formula is C11H24. The molecule has 0 aromatic rings. The first kappa shape index (κ1) is 11.0. The molecule has 0 unspecified atom stereocenters. The highest BCUT2D eigenvalue weighted by Crippen LogP contribution is 2.29. The van der Waals surface area contributed by atoms with Crippen molar-refractivity contribution in [2.45, 2.75) is 60.3 Å². The summed E-state index contributed by atoms with van der Waals surface area (Å²) in [7, 11) is 0. The van der Waals surface area contributed by atoms with Crippen LogP contribution < -0.4 is 0 Å². The van der Waals surface area contributed by atoms with Gasteiger partial charge in [0.2, 0.25) is 0 Å². The van der Waals surface area contributed by atoms with Crippen molar-refractivity contribution in [1.29, 1.82) is 0 Å². The van der Waals surface area contributed by atoms with E-state index in [-0.39, 0.29) is 0 Å². The van der Waals surface area contributed by atoms with E-state index in [1.54, 1.807) is 0 Å². The summed E-state index contributed by atoms with van der Waals surface area (Å²) in [4.78, 5) is 0. The summed E-state index contributed by atoms with van der Waals surface area (Å²) in [6.45, 7) is 11.6. The summed E-state index contributed by atoms with van der Waals surface area (Å²) < 4.78 is 0. The molecule has 0 aromatic carbocycles. The first-order valence-corrected chi connectivity index (χ1v) is 4.98. The van der Waals surface area contributed by atoms with Gasteiger partial charge in [-0.2, -0.15) is 0 Å². The zero-order chi connectivity index (χ0) is 8.91. The minimum Gasteiger partial charge on any atom is -0.0654 e. The molecule has 0 N–H and O–H groups in total. The Morgan fingerprint density at radius 2 is 1.64 bits per heavy atom. The van der Waals surface area contributed by atoms with E-state index in [4.69, 9.17) is 0 Å². The van der Waals surface area contributed by atoms with E-state index < -0.39 is 0 Å². The van der Waals surface area contributed by atoms with E-state index in [1.807, 2.05) is 0 Å². The molecule has 0 heteroatoms. The summed E-state index contributed by atoms with van der Waals surface area (Å²) >= 11 is 0. The van der Waals surface area contributed by atoms with Crippen LogP contribution in [0, 0.1) is 11.3 Å². The van der Waals surface area contributed by atoms with Crippen molar-refractivity contribution in [2.24, 2.45) is 11.3 Å². The van der Waals surface area contributed by atoms with Crippen LogP contribution in [0.1, 0.15) is 60.3 Å². The molecule has 0 nitrogen and oxygen atoms in total. The minimum atomic E-state index is 0.508. The van der Waals surface area contributed by atoms with Gasteiger partial charge in [0.05, 0.1) is 0 Å². The van der Waals surface area contributed by atoms with Gasteiger partial charge >= 0.3 is 0 Å². The van der Waals surface area contributed by atoms with Crippen LogP contribution in [0.25, 0.3) is 0 Å². The van der Waals surface area contributed by atoms with Gasteiger partial charge < -0.3 is 0 Å². The zero-order valence-electron chi connectivity index (χ0n) is 8.91. The second kappa shape index (κ2) is 4.79. The molecule has 0 aliphatic rings. The SMILES string of the molecule is CCCCC[C@@H](C)C(C)(C)C. The van der Waals surface area contributed by atoms with E-state index in [0.717, 1.165) is 5.92 Å². The predicted molar refractivity (Wildman–Crippen MR) is 52.8 cm³/mol. The molecule has 1 atom stereocenters. The average Bonchev–Trinajstić information content (AvgIpc) is 1.86. The first-order valence-electron chi connectivity index (χ1n) is 4.98. The summed E-state index contributed by atoms with van der Waals surface area (Å²) in [5.41, 5.74) is 0.508. The fourth-order valence-electron chi connectivity index (χ4n) is 1.13. The lowest BCUT2D eigenvalue weighted by Gasteiger charge is -2.27. The van der Waals surface area contributed by atoms with Crippen LogP contribution in [-0.4, -0.2) is 0 Å². The Hall–Kier alpha value is 0. The molecule has 0 heterocycles. The molecule has 0 saturated heterocycles. The van der Waals surface area contributed by atoms with E-state index in [9.17, 15) is 0 Å². The minimum absolute atomic E-state index is 0.508. The Morgan fingerprint density at radius 3 is 2.00 bits per heavy atom. The Kier molecular flexibility index (Phi) is 4.79. The van der Waals surface area contributed by atoms with Gasteiger partial charge in [0, 0.05) is 0 Å². The van der Waals surface area contributed by atoms with Gasteiger partial charge in [-0.15, -0.1) is 0 Å². The standard InChI is InChI=1S/C11H24/c1-6-7-8-9-10(2)11(3,4)5/h10H,6-9H2,1-5H3/t10-/m1/s1. The smallest absolute Gasteiger partial charge is 0.0357 e. The van der Waals surface area contributed by atoms with Crippen molar-refractivity contribution in [1.82, 2.24) is 0 Å². The topological polar surface area (TPSA) is 0 Å². The highest BCUT2D eigenvalue weighted by Gasteiger charge is 2.18. The van der Waals surface area contributed by atoms with Crippen LogP contribution >= 0.6 is 0 Å². The largest absolute Gasteiger partial charge is 0.0654 e. The van der Waals surface area contributed by atoms with Crippen molar-refractivity contribution in [3.8, 4) is 0 Å². The van der Waals surface area contributed by atoms with Crippen LogP contribution in [0.5, 0.6) is 0 Å². The van der Waals surface area contributed by atoms with Crippen molar-refractivity contribution < 1.29 is 0 Å². The van der Waals surface area contributed by atoms with Gasteiger partial charge in [0.25, 0.3) is 0 Å². The highest BCUT2D eigenvalue weighted by atomic mass is 14.2. The summed E-state index contributed by atoms with van der Waals surface area (Å²) in [5.74, 6) is 0.869. The molecule has 0 saturated carbocycles. The second-order valence-corrected chi connectivity index (χ2v) is 4.76. The van der Waals surface area contributed by atoms with Crippen LogP contribution in [0.3, 0.4) is 0 Å². The number of hydrogen-bond donors (Lipinski definition) is 0. The van der Waals surface area contributed by atoms with Gasteiger partial charge in [-0.1, -0.05) is 60.3 Å². The third-order valence-electron chi connectivity index (χ3n) is 2.72. The Labute approximate surface area is 72.4 Å². The van der Waals surface area contributed by atoms with Gasteiger partial charge in [-0.05, 0) is 11.3 Å². The molecule has 11 heavy (non-hydrogen) atoms. The third-order valence-corrected chi connectivity index (χ3v) is 2.72. The van der Waals surface area contributed by atoms with Gasteiger partial charge in [0.15, 0.2) is 0 Å². The maximum atomic E-state index is 2.37.